The van der Waals surface area contributed by atoms with Crippen molar-refractivity contribution in [2.75, 3.05) is 6.54 Å². The number of carbonyl (C=O) groups is 1. The fraction of sp³-hybridized carbons (Fsp3) is 0.190. The number of amides is 1. The van der Waals surface area contributed by atoms with Crippen molar-refractivity contribution in [1.29, 1.82) is 5.26 Å². The average Bonchev–Trinajstić information content (AvgIpc) is 3.08. The Bertz CT molecular complexity index is 1080. The van der Waals surface area contributed by atoms with Gasteiger partial charge < -0.3 is 4.90 Å². The summed E-state index contributed by atoms with van der Waals surface area (Å²) in [6.45, 7) is -0.146. The van der Waals surface area contributed by atoms with Gasteiger partial charge in [0.05, 0.1) is 17.3 Å². The van der Waals surface area contributed by atoms with Crippen molar-refractivity contribution in [2.24, 2.45) is 0 Å². The van der Waals surface area contributed by atoms with Crippen LogP contribution in [0, 0.1) is 24.1 Å². The first-order chi connectivity index (χ1) is 14.2. The monoisotopic (exact) mass is 433 g/mol. The molecule has 0 aliphatic heterocycles. The zero-order chi connectivity index (χ0) is 21.9. The van der Waals surface area contributed by atoms with Crippen LogP contribution in [0.25, 0.3) is 10.6 Å². The lowest BCUT2D eigenvalue weighted by Gasteiger charge is -2.23. The van der Waals surface area contributed by atoms with E-state index in [2.05, 4.69) is 4.98 Å². The third-order valence-corrected chi connectivity index (χ3v) is 5.39. The lowest BCUT2D eigenvalue weighted by molar-refractivity contribution is -0.141. The first-order valence-electron chi connectivity index (χ1n) is 8.75. The van der Waals surface area contributed by atoms with Gasteiger partial charge in [0.15, 0.2) is 0 Å². The average molecular weight is 433 g/mol. The first kappa shape index (κ1) is 21.5. The Hall–Kier alpha value is -3.25. The minimum atomic E-state index is -4.58. The predicted octanol–water partition coefficient (Wildman–Crippen LogP) is 5.33. The number of aryl methyl sites for hydroxylation is 1. The van der Waals surface area contributed by atoms with Crippen LogP contribution in [0.15, 0.2) is 48.5 Å². The number of carbonyl (C=O) groups excluding carboxylic acids is 1. The van der Waals surface area contributed by atoms with Crippen LogP contribution >= 0.6 is 11.3 Å². The molecular weight excluding hydrogens is 418 g/mol. The second-order valence-electron chi connectivity index (χ2n) is 6.53. The molecule has 0 aliphatic carbocycles. The number of benzene rings is 2. The standard InChI is InChI=1S/C21H15F4N3OS/c1-13-18(30-19(27-13)16-6-8-17(22)9-7-16)20(29)28(12-21(23,24)25)11-15-4-2-14(10-26)3-5-15/h2-9H,11-12H2,1H3. The summed E-state index contributed by atoms with van der Waals surface area (Å²) in [5.74, 6) is -1.22. The van der Waals surface area contributed by atoms with Gasteiger partial charge in [-0.15, -0.1) is 11.3 Å². The molecule has 0 spiro atoms. The molecule has 154 valence electrons. The Morgan fingerprint density at radius 1 is 1.13 bits per heavy atom. The molecular formula is C21H15F4N3OS. The number of nitrogens with zero attached hydrogens (tertiary/aromatic N) is 3. The fourth-order valence-corrected chi connectivity index (χ4v) is 3.82. The molecule has 0 N–H and O–H groups in total. The summed E-state index contributed by atoms with van der Waals surface area (Å²) in [6, 6.07) is 13.4. The minimum Gasteiger partial charge on any atom is -0.324 e. The van der Waals surface area contributed by atoms with Crippen LogP contribution in [0.4, 0.5) is 17.6 Å². The molecule has 30 heavy (non-hydrogen) atoms. The Morgan fingerprint density at radius 3 is 2.33 bits per heavy atom. The topological polar surface area (TPSA) is 57.0 Å². The van der Waals surface area contributed by atoms with Gasteiger partial charge in [0.2, 0.25) is 0 Å². The number of hydrogen-bond acceptors (Lipinski definition) is 4. The van der Waals surface area contributed by atoms with Crippen molar-refractivity contribution in [3.63, 3.8) is 0 Å². The molecule has 0 bridgehead atoms. The highest BCUT2D eigenvalue weighted by Crippen LogP contribution is 2.30. The molecule has 9 heteroatoms. The minimum absolute atomic E-state index is 0.0900. The Morgan fingerprint density at radius 2 is 1.77 bits per heavy atom. The normalized spacial score (nSPS) is 11.2. The van der Waals surface area contributed by atoms with Gasteiger partial charge in [-0.1, -0.05) is 12.1 Å². The number of aromatic nitrogens is 1. The predicted molar refractivity (Wildman–Crippen MR) is 104 cm³/mol. The zero-order valence-electron chi connectivity index (χ0n) is 15.7. The molecule has 0 atom stereocenters. The van der Waals surface area contributed by atoms with Crippen LogP contribution in [-0.4, -0.2) is 28.5 Å². The molecule has 1 heterocycles. The second kappa shape index (κ2) is 8.63. The summed E-state index contributed by atoms with van der Waals surface area (Å²) in [6.07, 6.45) is -4.58. The highest BCUT2D eigenvalue weighted by molar-refractivity contribution is 7.17. The van der Waals surface area contributed by atoms with Crippen molar-refractivity contribution in [1.82, 2.24) is 9.88 Å². The van der Waals surface area contributed by atoms with Crippen LogP contribution in [0.5, 0.6) is 0 Å². The Kier molecular flexibility index (Phi) is 6.17. The second-order valence-corrected chi connectivity index (χ2v) is 7.52. The molecule has 2 aromatic carbocycles. The number of alkyl halides is 3. The van der Waals surface area contributed by atoms with Gasteiger partial charge in [0, 0.05) is 12.1 Å². The molecule has 0 radical (unpaired) electrons. The van der Waals surface area contributed by atoms with Crippen LogP contribution in [0.3, 0.4) is 0 Å². The van der Waals surface area contributed by atoms with Crippen molar-refractivity contribution < 1.29 is 22.4 Å². The lowest BCUT2D eigenvalue weighted by Crippen LogP contribution is -2.38. The smallest absolute Gasteiger partial charge is 0.324 e. The van der Waals surface area contributed by atoms with Gasteiger partial charge in [-0.3, -0.25) is 4.79 Å². The third-order valence-electron chi connectivity index (χ3n) is 4.20. The maximum atomic E-state index is 13.1. The third kappa shape index (κ3) is 5.21. The van der Waals surface area contributed by atoms with Gasteiger partial charge in [-0.25, -0.2) is 9.37 Å². The summed E-state index contributed by atoms with van der Waals surface area (Å²) in [5, 5.41) is 9.27. The van der Waals surface area contributed by atoms with Gasteiger partial charge in [-0.05, 0) is 48.9 Å². The van der Waals surface area contributed by atoms with Gasteiger partial charge in [-0.2, -0.15) is 18.4 Å². The van der Waals surface area contributed by atoms with E-state index in [1.165, 1.54) is 48.5 Å². The highest BCUT2D eigenvalue weighted by Gasteiger charge is 2.34. The number of thiazole rings is 1. The highest BCUT2D eigenvalue weighted by atomic mass is 32.1. The summed E-state index contributed by atoms with van der Waals surface area (Å²) >= 11 is 0.962. The van der Waals surface area contributed by atoms with Crippen molar-refractivity contribution >= 4 is 17.2 Å². The number of nitriles is 1. The quantitative estimate of drug-likeness (QED) is 0.511. The van der Waals surface area contributed by atoms with E-state index < -0.39 is 24.4 Å². The van der Waals surface area contributed by atoms with Crippen LogP contribution in [0.2, 0.25) is 0 Å². The summed E-state index contributed by atoms with van der Waals surface area (Å²) < 4.78 is 52.5. The maximum Gasteiger partial charge on any atom is 0.406 e. The van der Waals surface area contributed by atoms with E-state index in [4.69, 9.17) is 5.26 Å². The molecule has 0 saturated carbocycles. The molecule has 0 saturated heterocycles. The Labute approximate surface area is 174 Å². The Balaban J connectivity index is 1.90. The molecule has 0 unspecified atom stereocenters. The summed E-state index contributed by atoms with van der Waals surface area (Å²) in [5.41, 5.74) is 1.71. The lowest BCUT2D eigenvalue weighted by atomic mass is 10.1. The van der Waals surface area contributed by atoms with Crippen LogP contribution in [-0.2, 0) is 6.54 Å². The molecule has 1 aromatic heterocycles. The summed E-state index contributed by atoms with van der Waals surface area (Å²) in [4.78, 5) is 18.0. The largest absolute Gasteiger partial charge is 0.406 e. The molecule has 0 fully saturated rings. The first-order valence-corrected chi connectivity index (χ1v) is 9.56. The van der Waals surface area contributed by atoms with E-state index in [-0.39, 0.29) is 11.4 Å². The van der Waals surface area contributed by atoms with E-state index >= 15 is 0 Å². The van der Waals surface area contributed by atoms with E-state index in [1.807, 2.05) is 6.07 Å². The molecule has 3 aromatic rings. The van der Waals surface area contributed by atoms with Gasteiger partial charge in [0.1, 0.15) is 22.2 Å². The number of rotatable bonds is 5. The van der Waals surface area contributed by atoms with E-state index in [0.717, 1.165) is 11.3 Å². The van der Waals surface area contributed by atoms with Crippen molar-refractivity contribution in [2.45, 2.75) is 19.6 Å². The van der Waals surface area contributed by atoms with Crippen LogP contribution in [0.1, 0.15) is 26.5 Å². The van der Waals surface area contributed by atoms with Gasteiger partial charge in [0.25, 0.3) is 5.91 Å². The summed E-state index contributed by atoms with van der Waals surface area (Å²) in [7, 11) is 0. The van der Waals surface area contributed by atoms with E-state index in [1.54, 1.807) is 6.92 Å². The fourth-order valence-electron chi connectivity index (χ4n) is 2.78. The van der Waals surface area contributed by atoms with Crippen molar-refractivity contribution in [3.8, 4) is 16.6 Å². The van der Waals surface area contributed by atoms with Crippen molar-refractivity contribution in [3.05, 3.63) is 76.0 Å². The van der Waals surface area contributed by atoms with Crippen LogP contribution < -0.4 is 0 Å². The molecule has 4 nitrogen and oxygen atoms in total. The molecule has 1 amide bonds. The molecule has 3 rings (SSSR count). The van der Waals surface area contributed by atoms with Gasteiger partial charge >= 0.3 is 6.18 Å². The van der Waals surface area contributed by atoms with E-state index in [9.17, 15) is 22.4 Å². The number of halogens is 4. The SMILES string of the molecule is Cc1nc(-c2ccc(F)cc2)sc1C(=O)N(Cc1ccc(C#N)cc1)CC(F)(F)F. The maximum absolute atomic E-state index is 13.1. The number of hydrogen-bond donors (Lipinski definition) is 0. The molecule has 0 aliphatic rings. The zero-order valence-corrected chi connectivity index (χ0v) is 16.5. The van der Waals surface area contributed by atoms with E-state index in [0.29, 0.717) is 32.3 Å².